The number of anilines is 3. The van der Waals surface area contributed by atoms with Crippen molar-refractivity contribution in [1.82, 2.24) is 20.6 Å². The average Bonchev–Trinajstić information content (AvgIpc) is 2.57. The molecule has 1 atom stereocenters. The van der Waals surface area contributed by atoms with Crippen LogP contribution in [-0.4, -0.2) is 55.8 Å². The summed E-state index contributed by atoms with van der Waals surface area (Å²) >= 11 is 0. The molecule has 24 heavy (non-hydrogen) atoms. The first-order chi connectivity index (χ1) is 11.4. The number of hydrogen-bond acceptors (Lipinski definition) is 7. The summed E-state index contributed by atoms with van der Waals surface area (Å²) in [6.07, 6.45) is 2.01. The van der Waals surface area contributed by atoms with Crippen molar-refractivity contribution in [1.29, 1.82) is 0 Å². The monoisotopic (exact) mass is 334 g/mol. The molecule has 0 fully saturated rings. The highest BCUT2D eigenvalue weighted by molar-refractivity contribution is 6.06. The normalized spacial score (nSPS) is 21.0. The Kier molecular flexibility index (Phi) is 5.82. The SMILES string of the molecule is CCCN=C1NC(C)(NC)Nc2c(NCCC)nc(N(C)C)nc21. The molecule has 2 heterocycles. The van der Waals surface area contributed by atoms with Crippen LogP contribution < -0.4 is 26.2 Å². The highest BCUT2D eigenvalue weighted by Gasteiger charge is 2.34. The molecule has 0 amide bonds. The zero-order valence-electron chi connectivity index (χ0n) is 15.6. The van der Waals surface area contributed by atoms with E-state index in [1.807, 2.05) is 33.0 Å². The van der Waals surface area contributed by atoms with Gasteiger partial charge in [-0.25, -0.2) is 4.98 Å². The first kappa shape index (κ1) is 18.3. The summed E-state index contributed by atoms with van der Waals surface area (Å²) in [6, 6.07) is 0. The maximum Gasteiger partial charge on any atom is 0.227 e. The number of nitrogens with one attached hydrogen (secondary N) is 4. The smallest absolute Gasteiger partial charge is 0.227 e. The van der Waals surface area contributed by atoms with Gasteiger partial charge in [0.25, 0.3) is 0 Å². The molecule has 1 aromatic heterocycles. The Labute approximate surface area is 144 Å². The molecule has 0 aromatic carbocycles. The standard InChI is InChI=1S/C16H30N8/c1-7-9-18-13-12-11(20-15(21-13)24(5)6)14(19-10-8-2)23-16(3,17-4)22-12/h17,22H,7-10H2,1-6H3,(H,19,23)(H,18,20,21). The van der Waals surface area contributed by atoms with Crippen LogP contribution in [0.15, 0.2) is 4.99 Å². The first-order valence-corrected chi connectivity index (χ1v) is 8.57. The van der Waals surface area contributed by atoms with Gasteiger partial charge in [-0.05, 0) is 26.8 Å². The number of nitrogens with zero attached hydrogens (tertiary/aromatic N) is 4. The van der Waals surface area contributed by atoms with Crippen LogP contribution in [0.2, 0.25) is 0 Å². The molecule has 1 unspecified atom stereocenters. The van der Waals surface area contributed by atoms with Crippen molar-refractivity contribution in [3.63, 3.8) is 0 Å². The van der Waals surface area contributed by atoms with E-state index < -0.39 is 5.79 Å². The molecule has 1 aliphatic rings. The number of aromatic nitrogens is 2. The predicted molar refractivity (Wildman–Crippen MR) is 101 cm³/mol. The van der Waals surface area contributed by atoms with E-state index in [9.17, 15) is 0 Å². The Morgan fingerprint density at radius 2 is 1.92 bits per heavy atom. The molecule has 0 radical (unpaired) electrons. The molecule has 1 aliphatic heterocycles. The molecular formula is C16H30N8. The van der Waals surface area contributed by atoms with Gasteiger partial charge in [0, 0.05) is 27.2 Å². The summed E-state index contributed by atoms with van der Waals surface area (Å²) in [7, 11) is 5.78. The van der Waals surface area contributed by atoms with Crippen LogP contribution in [0.4, 0.5) is 17.5 Å². The van der Waals surface area contributed by atoms with Crippen LogP contribution in [-0.2, 0) is 0 Å². The van der Waals surface area contributed by atoms with E-state index in [1.165, 1.54) is 0 Å². The summed E-state index contributed by atoms with van der Waals surface area (Å²) in [5, 5.41) is 13.5. The molecule has 0 spiro atoms. The predicted octanol–water partition coefficient (Wildman–Crippen LogP) is 1.43. The average molecular weight is 334 g/mol. The Morgan fingerprint density at radius 3 is 2.50 bits per heavy atom. The second-order valence-corrected chi connectivity index (χ2v) is 6.27. The fraction of sp³-hybridized carbons (Fsp3) is 0.688. The molecule has 2 rings (SSSR count). The maximum absolute atomic E-state index is 4.71. The summed E-state index contributed by atoms with van der Waals surface area (Å²) in [6.45, 7) is 7.88. The van der Waals surface area contributed by atoms with E-state index in [4.69, 9.17) is 9.98 Å². The highest BCUT2D eigenvalue weighted by atomic mass is 15.4. The van der Waals surface area contributed by atoms with Crippen LogP contribution >= 0.6 is 0 Å². The Bertz CT molecular complexity index is 598. The fourth-order valence-corrected chi connectivity index (χ4v) is 2.35. The third-order valence-electron chi connectivity index (χ3n) is 3.80. The van der Waals surface area contributed by atoms with Gasteiger partial charge in [0.15, 0.2) is 17.4 Å². The van der Waals surface area contributed by atoms with E-state index in [1.54, 1.807) is 0 Å². The van der Waals surface area contributed by atoms with Crippen molar-refractivity contribution >= 4 is 23.3 Å². The van der Waals surface area contributed by atoms with Crippen LogP contribution in [0.5, 0.6) is 0 Å². The summed E-state index contributed by atoms with van der Waals surface area (Å²) in [5.74, 6) is 1.74. The van der Waals surface area contributed by atoms with Crippen molar-refractivity contribution in [2.45, 2.75) is 39.4 Å². The minimum Gasteiger partial charge on any atom is -0.368 e. The molecule has 0 saturated carbocycles. The summed E-state index contributed by atoms with van der Waals surface area (Å²) < 4.78 is 0. The van der Waals surface area contributed by atoms with Crippen molar-refractivity contribution < 1.29 is 0 Å². The van der Waals surface area contributed by atoms with Crippen molar-refractivity contribution in [3.05, 3.63) is 5.69 Å². The second kappa shape index (κ2) is 7.65. The van der Waals surface area contributed by atoms with Gasteiger partial charge in [-0.2, -0.15) is 4.98 Å². The van der Waals surface area contributed by atoms with Crippen molar-refractivity contribution in [3.8, 4) is 0 Å². The number of aliphatic imine (C=N–C) groups is 1. The molecular weight excluding hydrogens is 304 g/mol. The van der Waals surface area contributed by atoms with E-state index in [-0.39, 0.29) is 0 Å². The van der Waals surface area contributed by atoms with Gasteiger partial charge < -0.3 is 20.9 Å². The zero-order valence-corrected chi connectivity index (χ0v) is 15.6. The lowest BCUT2D eigenvalue weighted by Crippen LogP contribution is -2.63. The van der Waals surface area contributed by atoms with Gasteiger partial charge in [0.2, 0.25) is 5.95 Å². The van der Waals surface area contributed by atoms with E-state index in [0.717, 1.165) is 49.0 Å². The van der Waals surface area contributed by atoms with Crippen molar-refractivity contribution in [2.24, 2.45) is 4.99 Å². The Balaban J connectivity index is 2.58. The third kappa shape index (κ3) is 3.87. The van der Waals surface area contributed by atoms with Gasteiger partial charge in [0.05, 0.1) is 0 Å². The van der Waals surface area contributed by atoms with Crippen molar-refractivity contribution in [2.75, 3.05) is 49.8 Å². The Hall–Kier alpha value is -2.09. The topological polar surface area (TPSA) is 89.5 Å². The molecule has 4 N–H and O–H groups in total. The molecule has 8 nitrogen and oxygen atoms in total. The lowest BCUT2D eigenvalue weighted by molar-refractivity contribution is 0.401. The molecule has 8 heteroatoms. The fourth-order valence-electron chi connectivity index (χ4n) is 2.35. The lowest BCUT2D eigenvalue weighted by Gasteiger charge is -2.39. The summed E-state index contributed by atoms with van der Waals surface area (Å²) in [5.41, 5.74) is 1.67. The van der Waals surface area contributed by atoms with Gasteiger partial charge >= 0.3 is 0 Å². The Morgan fingerprint density at radius 1 is 1.17 bits per heavy atom. The van der Waals surface area contributed by atoms with Crippen LogP contribution in [0, 0.1) is 0 Å². The lowest BCUT2D eigenvalue weighted by atomic mass is 10.1. The maximum atomic E-state index is 4.71. The molecule has 0 saturated heterocycles. The van der Waals surface area contributed by atoms with Crippen LogP contribution in [0.25, 0.3) is 0 Å². The van der Waals surface area contributed by atoms with Gasteiger partial charge in [0.1, 0.15) is 11.4 Å². The minimum absolute atomic E-state index is 0.509. The quantitative estimate of drug-likeness (QED) is 0.600. The number of rotatable bonds is 7. The summed E-state index contributed by atoms with van der Waals surface area (Å²) in [4.78, 5) is 16.0. The van der Waals surface area contributed by atoms with Crippen LogP contribution in [0.1, 0.15) is 39.3 Å². The second-order valence-electron chi connectivity index (χ2n) is 6.27. The first-order valence-electron chi connectivity index (χ1n) is 8.57. The van der Waals surface area contributed by atoms with Gasteiger partial charge in [-0.3, -0.25) is 10.3 Å². The largest absolute Gasteiger partial charge is 0.368 e. The minimum atomic E-state index is -0.509. The van der Waals surface area contributed by atoms with E-state index in [2.05, 4.69) is 40.1 Å². The van der Waals surface area contributed by atoms with Gasteiger partial charge in [-0.15, -0.1) is 0 Å². The van der Waals surface area contributed by atoms with Gasteiger partial charge in [-0.1, -0.05) is 13.8 Å². The van der Waals surface area contributed by atoms with Crippen LogP contribution in [0.3, 0.4) is 0 Å². The van der Waals surface area contributed by atoms with E-state index >= 15 is 0 Å². The number of amidine groups is 1. The third-order valence-corrected chi connectivity index (χ3v) is 3.80. The highest BCUT2D eigenvalue weighted by Crippen LogP contribution is 2.31. The zero-order chi connectivity index (χ0) is 17.7. The molecule has 0 aliphatic carbocycles. The molecule has 0 bridgehead atoms. The number of fused-ring (bicyclic) bond motifs is 1. The number of hydrogen-bond donors (Lipinski definition) is 4. The molecule has 134 valence electrons. The van der Waals surface area contributed by atoms with E-state index in [0.29, 0.717) is 5.95 Å². The molecule has 1 aromatic rings.